The third-order valence-electron chi connectivity index (χ3n) is 4.71. The van der Waals surface area contributed by atoms with Crippen LogP contribution < -0.4 is 10.1 Å². The number of methoxy groups -OCH3 is 1. The molecule has 26 heavy (non-hydrogen) atoms. The molecule has 1 aliphatic rings. The standard InChI is InChI=1S/C18H26N2O5S/c1-5-20(13-10-11-26(23,24)12-13)17(22)18(2,3)16(21)19-14-8-6-7-9-15(14)25-4/h6-9,13H,5,10-12H2,1-4H3,(H,19,21). The zero-order chi connectivity index (χ0) is 19.5. The van der Waals surface area contributed by atoms with Crippen molar-refractivity contribution in [2.75, 3.05) is 30.5 Å². The van der Waals surface area contributed by atoms with Crippen LogP contribution in [0.25, 0.3) is 0 Å². The van der Waals surface area contributed by atoms with Crippen LogP contribution in [0.3, 0.4) is 0 Å². The van der Waals surface area contributed by atoms with Gasteiger partial charge in [0.2, 0.25) is 11.8 Å². The van der Waals surface area contributed by atoms with Gasteiger partial charge in [-0.1, -0.05) is 12.1 Å². The average molecular weight is 382 g/mol. The maximum absolute atomic E-state index is 13.0. The van der Waals surface area contributed by atoms with Crippen LogP contribution in [-0.4, -0.2) is 56.3 Å². The summed E-state index contributed by atoms with van der Waals surface area (Å²) in [6, 6.07) is 6.57. The van der Waals surface area contributed by atoms with E-state index in [1.54, 1.807) is 45.0 Å². The third kappa shape index (κ3) is 4.17. The fourth-order valence-electron chi connectivity index (χ4n) is 3.07. The lowest BCUT2D eigenvalue weighted by Gasteiger charge is -2.34. The van der Waals surface area contributed by atoms with Crippen molar-refractivity contribution in [2.45, 2.75) is 33.2 Å². The summed E-state index contributed by atoms with van der Waals surface area (Å²) in [6.07, 6.45) is 0.409. The van der Waals surface area contributed by atoms with Crippen molar-refractivity contribution in [3.05, 3.63) is 24.3 Å². The van der Waals surface area contributed by atoms with E-state index in [9.17, 15) is 18.0 Å². The summed E-state index contributed by atoms with van der Waals surface area (Å²) in [4.78, 5) is 27.3. The molecule has 1 aliphatic heterocycles. The van der Waals surface area contributed by atoms with E-state index < -0.39 is 21.2 Å². The van der Waals surface area contributed by atoms with Gasteiger partial charge in [-0.25, -0.2) is 8.42 Å². The lowest BCUT2D eigenvalue weighted by molar-refractivity contribution is -0.147. The molecule has 0 aliphatic carbocycles. The Hall–Kier alpha value is -2.09. The van der Waals surface area contributed by atoms with Crippen LogP contribution in [0.5, 0.6) is 5.75 Å². The molecule has 1 aromatic rings. The second-order valence-electron chi connectivity index (χ2n) is 6.93. The van der Waals surface area contributed by atoms with E-state index in [1.807, 2.05) is 0 Å². The molecule has 1 aromatic carbocycles. The Bertz CT molecular complexity index is 789. The van der Waals surface area contributed by atoms with Gasteiger partial charge in [-0.3, -0.25) is 9.59 Å². The fourth-order valence-corrected chi connectivity index (χ4v) is 4.80. The third-order valence-corrected chi connectivity index (χ3v) is 6.46. The molecule has 0 spiro atoms. The minimum atomic E-state index is -3.12. The number of nitrogens with zero attached hydrogens (tertiary/aromatic N) is 1. The molecule has 144 valence electrons. The van der Waals surface area contributed by atoms with E-state index in [1.165, 1.54) is 12.0 Å². The molecule has 1 saturated heterocycles. The predicted molar refractivity (Wildman–Crippen MR) is 99.9 cm³/mol. The van der Waals surface area contributed by atoms with Crippen molar-refractivity contribution in [1.29, 1.82) is 0 Å². The number of nitrogens with one attached hydrogen (secondary N) is 1. The predicted octanol–water partition coefficient (Wildman–Crippen LogP) is 1.70. The SMILES string of the molecule is CCN(C(=O)C(C)(C)C(=O)Nc1ccccc1OC)C1CCS(=O)(=O)C1. The van der Waals surface area contributed by atoms with Gasteiger partial charge in [-0.15, -0.1) is 0 Å². The molecule has 0 saturated carbocycles. The van der Waals surface area contributed by atoms with Crippen LogP contribution in [0, 0.1) is 5.41 Å². The number of anilines is 1. The van der Waals surface area contributed by atoms with E-state index >= 15 is 0 Å². The van der Waals surface area contributed by atoms with E-state index in [4.69, 9.17) is 4.74 Å². The normalized spacial score (nSPS) is 19.0. The smallest absolute Gasteiger partial charge is 0.239 e. The summed E-state index contributed by atoms with van der Waals surface area (Å²) in [5.41, 5.74) is -0.865. The first kappa shape index (κ1) is 20.2. The number of hydrogen-bond acceptors (Lipinski definition) is 5. The summed E-state index contributed by atoms with van der Waals surface area (Å²) >= 11 is 0. The van der Waals surface area contributed by atoms with Crippen molar-refractivity contribution >= 4 is 27.3 Å². The molecule has 1 heterocycles. The van der Waals surface area contributed by atoms with E-state index in [0.717, 1.165) is 0 Å². The first-order valence-electron chi connectivity index (χ1n) is 8.58. The van der Waals surface area contributed by atoms with Crippen LogP contribution in [0.2, 0.25) is 0 Å². The second-order valence-corrected chi connectivity index (χ2v) is 9.16. The number of carbonyl (C=O) groups is 2. The zero-order valence-electron chi connectivity index (χ0n) is 15.6. The Morgan fingerprint density at radius 1 is 1.31 bits per heavy atom. The highest BCUT2D eigenvalue weighted by atomic mass is 32.2. The summed E-state index contributed by atoms with van der Waals surface area (Å²) < 4.78 is 28.7. The summed E-state index contributed by atoms with van der Waals surface area (Å²) in [7, 11) is -1.62. The summed E-state index contributed by atoms with van der Waals surface area (Å²) in [6.45, 7) is 5.24. The molecule has 2 amide bonds. The largest absolute Gasteiger partial charge is 0.495 e. The van der Waals surface area contributed by atoms with Gasteiger partial charge in [-0.2, -0.15) is 0 Å². The van der Waals surface area contributed by atoms with Crippen molar-refractivity contribution in [2.24, 2.45) is 5.41 Å². The Labute approximate surface area is 154 Å². The quantitative estimate of drug-likeness (QED) is 0.756. The number of carbonyl (C=O) groups excluding carboxylic acids is 2. The number of hydrogen-bond donors (Lipinski definition) is 1. The van der Waals surface area contributed by atoms with Gasteiger partial charge in [0, 0.05) is 12.6 Å². The molecule has 7 nitrogen and oxygen atoms in total. The van der Waals surface area contributed by atoms with Crippen molar-refractivity contribution in [3.63, 3.8) is 0 Å². The fraction of sp³-hybridized carbons (Fsp3) is 0.556. The molecule has 0 bridgehead atoms. The van der Waals surface area contributed by atoms with Crippen LogP contribution in [0.15, 0.2) is 24.3 Å². The van der Waals surface area contributed by atoms with Gasteiger partial charge in [0.1, 0.15) is 11.2 Å². The Morgan fingerprint density at radius 3 is 2.50 bits per heavy atom. The first-order chi connectivity index (χ1) is 12.1. The maximum atomic E-state index is 13.0. The number of ether oxygens (including phenoxy) is 1. The van der Waals surface area contributed by atoms with Gasteiger partial charge in [0.05, 0.1) is 24.3 Å². The number of rotatable bonds is 6. The highest BCUT2D eigenvalue weighted by Crippen LogP contribution is 2.29. The van der Waals surface area contributed by atoms with Gasteiger partial charge < -0.3 is 15.0 Å². The van der Waals surface area contributed by atoms with Crippen LogP contribution in [0.1, 0.15) is 27.2 Å². The minimum Gasteiger partial charge on any atom is -0.495 e. The molecule has 1 N–H and O–H groups in total. The summed E-state index contributed by atoms with van der Waals surface area (Å²) in [5, 5.41) is 2.74. The topological polar surface area (TPSA) is 92.8 Å². The first-order valence-corrected chi connectivity index (χ1v) is 10.4. The van der Waals surface area contributed by atoms with Gasteiger partial charge >= 0.3 is 0 Å². The monoisotopic (exact) mass is 382 g/mol. The van der Waals surface area contributed by atoms with E-state index in [2.05, 4.69) is 5.32 Å². The number of amides is 2. The van der Waals surface area contributed by atoms with E-state index in [-0.39, 0.29) is 23.5 Å². The lowest BCUT2D eigenvalue weighted by atomic mass is 9.89. The lowest BCUT2D eigenvalue weighted by Crippen LogP contribution is -2.51. The van der Waals surface area contributed by atoms with Gasteiger partial charge in [0.15, 0.2) is 9.84 Å². The van der Waals surface area contributed by atoms with Crippen LogP contribution >= 0.6 is 0 Å². The molecule has 0 aromatic heterocycles. The van der Waals surface area contributed by atoms with Gasteiger partial charge in [-0.05, 0) is 39.3 Å². The van der Waals surface area contributed by atoms with Crippen LogP contribution in [0.4, 0.5) is 5.69 Å². The number of sulfone groups is 1. The molecule has 2 rings (SSSR count). The Kier molecular flexibility index (Phi) is 5.95. The molecule has 1 unspecified atom stereocenters. The summed E-state index contributed by atoms with van der Waals surface area (Å²) in [5.74, 6) is -0.314. The highest BCUT2D eigenvalue weighted by Gasteiger charge is 2.43. The molecule has 1 fully saturated rings. The second kappa shape index (κ2) is 7.65. The Balaban J connectivity index is 2.18. The zero-order valence-corrected chi connectivity index (χ0v) is 16.4. The van der Waals surface area contributed by atoms with Crippen molar-refractivity contribution in [1.82, 2.24) is 4.90 Å². The molecule has 8 heteroatoms. The van der Waals surface area contributed by atoms with Gasteiger partial charge in [0.25, 0.3) is 0 Å². The van der Waals surface area contributed by atoms with Crippen molar-refractivity contribution < 1.29 is 22.7 Å². The van der Waals surface area contributed by atoms with Crippen molar-refractivity contribution in [3.8, 4) is 5.75 Å². The maximum Gasteiger partial charge on any atom is 0.239 e. The average Bonchev–Trinajstić information content (AvgIpc) is 2.95. The molecule has 1 atom stereocenters. The minimum absolute atomic E-state index is 0.0449. The Morgan fingerprint density at radius 2 is 1.96 bits per heavy atom. The number of benzene rings is 1. The molecular formula is C18H26N2O5S. The van der Waals surface area contributed by atoms with Crippen LogP contribution in [-0.2, 0) is 19.4 Å². The van der Waals surface area contributed by atoms with E-state index in [0.29, 0.717) is 24.4 Å². The molecule has 0 radical (unpaired) electrons. The highest BCUT2D eigenvalue weighted by molar-refractivity contribution is 7.91. The molecular weight excluding hydrogens is 356 g/mol. The number of para-hydroxylation sites is 2.